The number of fused-ring (bicyclic) bond motifs is 1. The Morgan fingerprint density at radius 3 is 3.00 bits per heavy atom. The zero-order chi connectivity index (χ0) is 15.7. The molecule has 1 N–H and O–H groups in total. The van der Waals surface area contributed by atoms with Crippen molar-refractivity contribution in [2.45, 2.75) is 45.2 Å². The van der Waals surface area contributed by atoms with Gasteiger partial charge in [-0.05, 0) is 25.7 Å². The lowest BCUT2D eigenvalue weighted by molar-refractivity contribution is 0.156. The maximum Gasteiger partial charge on any atom is 0.194 e. The first kappa shape index (κ1) is 17.9. The summed E-state index contributed by atoms with van der Waals surface area (Å²) in [4.78, 5) is 6.83. The van der Waals surface area contributed by atoms with Crippen molar-refractivity contribution in [2.75, 3.05) is 33.4 Å². The number of halogens is 1. The van der Waals surface area contributed by atoms with E-state index in [1.807, 2.05) is 7.05 Å². The molecule has 2 fully saturated rings. The zero-order valence-electron chi connectivity index (χ0n) is 14.3. The number of rotatable bonds is 2. The van der Waals surface area contributed by atoms with E-state index in [0.29, 0.717) is 12.0 Å². The van der Waals surface area contributed by atoms with Crippen LogP contribution in [0, 0.1) is 5.41 Å². The van der Waals surface area contributed by atoms with Gasteiger partial charge in [0.25, 0.3) is 0 Å². The molecule has 0 aliphatic carbocycles. The van der Waals surface area contributed by atoms with Gasteiger partial charge in [0.1, 0.15) is 5.82 Å². The second-order valence-electron chi connectivity index (χ2n) is 7.02. The van der Waals surface area contributed by atoms with Crippen LogP contribution in [0.1, 0.15) is 37.3 Å². The third kappa shape index (κ3) is 3.40. The van der Waals surface area contributed by atoms with Gasteiger partial charge in [0.15, 0.2) is 11.8 Å². The molecule has 3 aliphatic rings. The van der Waals surface area contributed by atoms with Crippen molar-refractivity contribution in [3.8, 4) is 0 Å². The van der Waals surface area contributed by atoms with Gasteiger partial charge < -0.3 is 19.5 Å². The third-order valence-corrected chi connectivity index (χ3v) is 5.48. The van der Waals surface area contributed by atoms with Crippen molar-refractivity contribution in [1.29, 1.82) is 0 Å². The number of hydrogen-bond donors (Lipinski definition) is 1. The van der Waals surface area contributed by atoms with Gasteiger partial charge in [-0.1, -0.05) is 0 Å². The normalized spacial score (nSPS) is 26.5. The summed E-state index contributed by atoms with van der Waals surface area (Å²) < 4.78 is 7.88. The molecule has 1 unspecified atom stereocenters. The molecule has 1 atom stereocenters. The van der Waals surface area contributed by atoms with Crippen molar-refractivity contribution in [1.82, 2.24) is 25.0 Å². The second-order valence-corrected chi connectivity index (χ2v) is 7.02. The molecule has 2 saturated heterocycles. The van der Waals surface area contributed by atoms with E-state index in [2.05, 4.69) is 30.0 Å². The molecule has 1 aromatic rings. The minimum absolute atomic E-state index is 0. The van der Waals surface area contributed by atoms with E-state index < -0.39 is 0 Å². The highest BCUT2D eigenvalue weighted by atomic mass is 127. The monoisotopic (exact) mass is 446 g/mol. The van der Waals surface area contributed by atoms with E-state index in [1.165, 1.54) is 25.7 Å². The Bertz CT molecular complexity index is 595. The molecule has 4 heterocycles. The van der Waals surface area contributed by atoms with Crippen LogP contribution >= 0.6 is 24.0 Å². The predicted molar refractivity (Wildman–Crippen MR) is 103 cm³/mol. The lowest BCUT2D eigenvalue weighted by Gasteiger charge is -2.25. The van der Waals surface area contributed by atoms with Crippen molar-refractivity contribution in [3.05, 3.63) is 11.6 Å². The molecule has 8 heteroatoms. The predicted octanol–water partition coefficient (Wildman–Crippen LogP) is 1.42. The fraction of sp³-hybridized carbons (Fsp3) is 0.812. The maximum atomic E-state index is 5.62. The van der Waals surface area contributed by atoms with E-state index >= 15 is 0 Å². The molecule has 4 rings (SSSR count). The first-order valence-electron chi connectivity index (χ1n) is 8.74. The number of nitrogens with one attached hydrogen (secondary N) is 1. The molecular formula is C16H27IN6O. The summed E-state index contributed by atoms with van der Waals surface area (Å²) >= 11 is 0. The Balaban J connectivity index is 0.00000169. The summed E-state index contributed by atoms with van der Waals surface area (Å²) in [6, 6.07) is 0. The van der Waals surface area contributed by atoms with Gasteiger partial charge in [0.2, 0.25) is 0 Å². The van der Waals surface area contributed by atoms with Crippen LogP contribution in [0.2, 0.25) is 0 Å². The molecule has 24 heavy (non-hydrogen) atoms. The van der Waals surface area contributed by atoms with Crippen LogP contribution in [0.15, 0.2) is 4.99 Å². The Kier molecular flexibility index (Phi) is 5.63. The quantitative estimate of drug-likeness (QED) is 0.423. The number of guanidine groups is 1. The Morgan fingerprint density at radius 1 is 1.29 bits per heavy atom. The fourth-order valence-corrected chi connectivity index (χ4v) is 4.08. The Labute approximate surface area is 160 Å². The summed E-state index contributed by atoms with van der Waals surface area (Å²) in [6.07, 6.45) is 5.88. The molecule has 1 spiro atoms. The summed E-state index contributed by atoms with van der Waals surface area (Å²) in [6.45, 7) is 5.65. The fourth-order valence-electron chi connectivity index (χ4n) is 4.08. The summed E-state index contributed by atoms with van der Waals surface area (Å²) in [7, 11) is 1.86. The number of hydrogen-bond acceptors (Lipinski definition) is 4. The number of ether oxygens (including phenoxy) is 1. The van der Waals surface area contributed by atoms with Crippen LogP contribution in [0.5, 0.6) is 0 Å². The van der Waals surface area contributed by atoms with Crippen molar-refractivity contribution >= 4 is 29.9 Å². The minimum atomic E-state index is 0. The van der Waals surface area contributed by atoms with Gasteiger partial charge >= 0.3 is 0 Å². The standard InChI is InChI=1S/C16H26N6O.HI/c1-17-15(21-8-5-16(11-21)6-9-23-12-16)18-10-14-20-19-13-4-2-3-7-22(13)14;/h2-12H2,1H3,(H,17,18);1H. The average Bonchev–Trinajstić information content (AvgIpc) is 3.30. The molecule has 0 aromatic carbocycles. The minimum Gasteiger partial charge on any atom is -0.381 e. The molecule has 1 aromatic heterocycles. The zero-order valence-corrected chi connectivity index (χ0v) is 16.7. The van der Waals surface area contributed by atoms with Crippen LogP contribution < -0.4 is 5.32 Å². The van der Waals surface area contributed by atoms with Gasteiger partial charge in [-0.2, -0.15) is 0 Å². The summed E-state index contributed by atoms with van der Waals surface area (Å²) in [5, 5.41) is 12.2. The van der Waals surface area contributed by atoms with Gasteiger partial charge in [-0.25, -0.2) is 0 Å². The number of nitrogens with zero attached hydrogens (tertiary/aromatic N) is 5. The molecule has 0 saturated carbocycles. The highest BCUT2D eigenvalue weighted by molar-refractivity contribution is 14.0. The van der Waals surface area contributed by atoms with E-state index in [0.717, 1.165) is 56.9 Å². The first-order valence-corrected chi connectivity index (χ1v) is 8.74. The highest BCUT2D eigenvalue weighted by Crippen LogP contribution is 2.38. The summed E-state index contributed by atoms with van der Waals surface area (Å²) in [5.74, 6) is 3.13. The third-order valence-electron chi connectivity index (χ3n) is 5.48. The smallest absolute Gasteiger partial charge is 0.194 e. The largest absolute Gasteiger partial charge is 0.381 e. The lowest BCUT2D eigenvalue weighted by Crippen LogP contribution is -2.41. The van der Waals surface area contributed by atoms with Gasteiger partial charge in [-0.3, -0.25) is 4.99 Å². The van der Waals surface area contributed by atoms with Gasteiger partial charge in [-0.15, -0.1) is 34.2 Å². The highest BCUT2D eigenvalue weighted by Gasteiger charge is 2.42. The topological polar surface area (TPSA) is 67.6 Å². The number of aryl methyl sites for hydroxylation is 1. The molecular weight excluding hydrogens is 419 g/mol. The molecule has 3 aliphatic heterocycles. The Hall–Kier alpha value is -0.900. The van der Waals surface area contributed by atoms with Crippen LogP contribution in [0.25, 0.3) is 0 Å². The van der Waals surface area contributed by atoms with E-state index in [4.69, 9.17) is 4.74 Å². The van der Waals surface area contributed by atoms with E-state index in [1.54, 1.807) is 0 Å². The van der Waals surface area contributed by atoms with Crippen LogP contribution in [0.4, 0.5) is 0 Å². The first-order chi connectivity index (χ1) is 11.3. The van der Waals surface area contributed by atoms with Gasteiger partial charge in [0, 0.05) is 45.1 Å². The maximum absolute atomic E-state index is 5.62. The van der Waals surface area contributed by atoms with Crippen molar-refractivity contribution < 1.29 is 4.74 Å². The molecule has 0 radical (unpaired) electrons. The van der Waals surface area contributed by atoms with E-state index in [-0.39, 0.29) is 24.0 Å². The second kappa shape index (κ2) is 7.55. The van der Waals surface area contributed by atoms with Crippen LogP contribution in [-0.2, 0) is 24.2 Å². The van der Waals surface area contributed by atoms with Crippen LogP contribution in [-0.4, -0.2) is 59.0 Å². The number of aliphatic imine (C=N–C) groups is 1. The average molecular weight is 446 g/mol. The SMILES string of the molecule is CN=C(NCc1nnc2n1CCCC2)N1CCC2(CCOC2)C1.I. The molecule has 0 amide bonds. The lowest BCUT2D eigenvalue weighted by atomic mass is 9.87. The molecule has 7 nitrogen and oxygen atoms in total. The van der Waals surface area contributed by atoms with E-state index in [9.17, 15) is 0 Å². The molecule has 134 valence electrons. The van der Waals surface area contributed by atoms with Crippen molar-refractivity contribution in [3.63, 3.8) is 0 Å². The van der Waals surface area contributed by atoms with Gasteiger partial charge in [0.05, 0.1) is 13.2 Å². The van der Waals surface area contributed by atoms with Crippen LogP contribution in [0.3, 0.4) is 0 Å². The summed E-state index contributed by atoms with van der Waals surface area (Å²) in [5.41, 5.74) is 0.353. The Morgan fingerprint density at radius 2 is 2.21 bits per heavy atom. The molecule has 0 bridgehead atoms. The number of aromatic nitrogens is 3. The number of likely N-dealkylation sites (tertiary alicyclic amines) is 1. The van der Waals surface area contributed by atoms with Crippen molar-refractivity contribution in [2.24, 2.45) is 10.4 Å².